The number of phenols is 1. The van der Waals surface area contributed by atoms with E-state index in [2.05, 4.69) is 25.2 Å². The highest BCUT2D eigenvalue weighted by atomic mass is 16.4. The van der Waals surface area contributed by atoms with Crippen molar-refractivity contribution in [3.63, 3.8) is 0 Å². The standard InChI is InChI=1S/C24H22N6O4/c1-13-4-16(7-18(31)5-13)26-23-25-8-15-9-29(12-20(15)27-23)17-10-30(11-17)22(32)14-2-3-19-21(6-14)34-24(33)28-19/h2-8,17,31H,9-12H2,1H3,(H,28,33)(H,25,26,27). The summed E-state index contributed by atoms with van der Waals surface area (Å²) in [6.45, 7) is 4.61. The Morgan fingerprint density at radius 3 is 2.88 bits per heavy atom. The number of benzene rings is 2. The minimum Gasteiger partial charge on any atom is -0.508 e. The number of phenolic OH excluding ortho intramolecular Hbond substituents is 1. The van der Waals surface area contributed by atoms with Gasteiger partial charge in [0.25, 0.3) is 5.91 Å². The number of fused-ring (bicyclic) bond motifs is 2. The molecule has 10 heteroatoms. The number of rotatable bonds is 4. The molecule has 10 nitrogen and oxygen atoms in total. The minimum atomic E-state index is -0.532. The summed E-state index contributed by atoms with van der Waals surface area (Å²) in [5.74, 6) is 0.0707. The third-order valence-corrected chi connectivity index (χ3v) is 6.33. The van der Waals surface area contributed by atoms with Gasteiger partial charge in [-0.25, -0.2) is 14.8 Å². The van der Waals surface area contributed by atoms with Crippen molar-refractivity contribution in [1.82, 2.24) is 24.8 Å². The van der Waals surface area contributed by atoms with E-state index in [4.69, 9.17) is 4.42 Å². The summed E-state index contributed by atoms with van der Waals surface area (Å²) in [5.41, 5.74) is 5.18. The van der Waals surface area contributed by atoms with E-state index in [1.54, 1.807) is 35.2 Å². The Kier molecular flexibility index (Phi) is 4.63. The van der Waals surface area contributed by atoms with Gasteiger partial charge in [0.05, 0.1) is 11.2 Å². The molecule has 0 saturated carbocycles. The van der Waals surface area contributed by atoms with Crippen LogP contribution in [0.15, 0.2) is 51.8 Å². The van der Waals surface area contributed by atoms with Gasteiger partial charge in [-0.05, 0) is 42.8 Å². The van der Waals surface area contributed by atoms with Crippen molar-refractivity contribution in [1.29, 1.82) is 0 Å². The molecule has 0 unspecified atom stereocenters. The van der Waals surface area contributed by atoms with Crippen LogP contribution in [0.3, 0.4) is 0 Å². The molecule has 0 aliphatic carbocycles. The Labute approximate surface area is 193 Å². The van der Waals surface area contributed by atoms with Gasteiger partial charge >= 0.3 is 5.76 Å². The molecular weight excluding hydrogens is 436 g/mol. The zero-order valence-corrected chi connectivity index (χ0v) is 18.4. The maximum Gasteiger partial charge on any atom is 0.417 e. The molecule has 0 atom stereocenters. The van der Waals surface area contributed by atoms with Crippen LogP contribution in [0.25, 0.3) is 11.1 Å². The molecule has 2 aromatic heterocycles. The van der Waals surface area contributed by atoms with Gasteiger partial charge in [-0.3, -0.25) is 14.7 Å². The largest absolute Gasteiger partial charge is 0.508 e. The van der Waals surface area contributed by atoms with Crippen LogP contribution in [-0.4, -0.2) is 54.9 Å². The number of oxazole rings is 1. The monoisotopic (exact) mass is 458 g/mol. The second-order valence-electron chi connectivity index (χ2n) is 8.84. The first-order valence-corrected chi connectivity index (χ1v) is 11.0. The fraction of sp³-hybridized carbons (Fsp3) is 0.250. The molecule has 4 aromatic rings. The number of aromatic hydroxyl groups is 1. The number of aromatic nitrogens is 3. The molecule has 0 bridgehead atoms. The Balaban J connectivity index is 1.09. The number of nitrogens with one attached hydrogen (secondary N) is 2. The van der Waals surface area contributed by atoms with E-state index in [1.807, 2.05) is 19.2 Å². The van der Waals surface area contributed by atoms with Crippen LogP contribution in [0.1, 0.15) is 27.2 Å². The zero-order chi connectivity index (χ0) is 23.4. The second kappa shape index (κ2) is 7.70. The summed E-state index contributed by atoms with van der Waals surface area (Å²) >= 11 is 0. The summed E-state index contributed by atoms with van der Waals surface area (Å²) in [7, 11) is 0. The molecule has 2 aromatic carbocycles. The van der Waals surface area contributed by atoms with Crippen LogP contribution < -0.4 is 11.1 Å². The van der Waals surface area contributed by atoms with Crippen molar-refractivity contribution in [2.24, 2.45) is 0 Å². The molecular formula is C24H22N6O4. The maximum atomic E-state index is 12.9. The number of aryl methyl sites for hydroxylation is 1. The number of amides is 1. The first-order valence-electron chi connectivity index (χ1n) is 11.0. The number of aromatic amines is 1. The second-order valence-corrected chi connectivity index (χ2v) is 8.84. The first kappa shape index (κ1) is 20.4. The van der Waals surface area contributed by atoms with Gasteiger partial charge in [0.15, 0.2) is 5.58 Å². The van der Waals surface area contributed by atoms with Gasteiger partial charge in [-0.15, -0.1) is 0 Å². The summed E-state index contributed by atoms with van der Waals surface area (Å²) in [6.07, 6.45) is 1.84. The van der Waals surface area contributed by atoms with Crippen molar-refractivity contribution in [2.75, 3.05) is 18.4 Å². The van der Waals surface area contributed by atoms with Crippen LogP contribution in [-0.2, 0) is 13.1 Å². The van der Waals surface area contributed by atoms with E-state index in [-0.39, 0.29) is 17.7 Å². The lowest BCUT2D eigenvalue weighted by Gasteiger charge is -2.43. The van der Waals surface area contributed by atoms with Gasteiger partial charge in [-0.2, -0.15) is 0 Å². The number of carbonyl (C=O) groups excluding carboxylic acids is 1. The van der Waals surface area contributed by atoms with Gasteiger partial charge in [0.1, 0.15) is 5.75 Å². The Bertz CT molecular complexity index is 1470. The summed E-state index contributed by atoms with van der Waals surface area (Å²) in [4.78, 5) is 40.0. The lowest BCUT2D eigenvalue weighted by atomic mass is 10.0. The molecule has 4 heterocycles. The third-order valence-electron chi connectivity index (χ3n) is 6.33. The van der Waals surface area contributed by atoms with Crippen molar-refractivity contribution in [3.05, 3.63) is 75.5 Å². The molecule has 172 valence electrons. The molecule has 3 N–H and O–H groups in total. The molecule has 1 fully saturated rings. The van der Waals surface area contributed by atoms with E-state index < -0.39 is 5.76 Å². The van der Waals surface area contributed by atoms with Crippen LogP contribution in [0.4, 0.5) is 11.6 Å². The minimum absolute atomic E-state index is 0.0774. The molecule has 2 aliphatic rings. The highest BCUT2D eigenvalue weighted by molar-refractivity contribution is 5.97. The molecule has 34 heavy (non-hydrogen) atoms. The van der Waals surface area contributed by atoms with Gasteiger partial charge < -0.3 is 19.7 Å². The van der Waals surface area contributed by atoms with Gasteiger partial charge in [0, 0.05) is 61.3 Å². The quantitative estimate of drug-likeness (QED) is 0.426. The van der Waals surface area contributed by atoms with Gasteiger partial charge in [0.2, 0.25) is 5.95 Å². The van der Waals surface area contributed by atoms with E-state index in [0.717, 1.165) is 29.1 Å². The van der Waals surface area contributed by atoms with Crippen molar-refractivity contribution >= 4 is 28.6 Å². The normalized spacial score (nSPS) is 16.0. The number of H-pyrrole nitrogens is 1. The van der Waals surface area contributed by atoms with E-state index in [9.17, 15) is 14.7 Å². The van der Waals surface area contributed by atoms with Crippen molar-refractivity contribution < 1.29 is 14.3 Å². The fourth-order valence-corrected chi connectivity index (χ4v) is 4.57. The average Bonchev–Trinajstić information content (AvgIpc) is 3.33. The number of anilines is 2. The fourth-order valence-electron chi connectivity index (χ4n) is 4.57. The van der Waals surface area contributed by atoms with Crippen molar-refractivity contribution in [3.8, 4) is 5.75 Å². The predicted molar refractivity (Wildman–Crippen MR) is 124 cm³/mol. The Morgan fingerprint density at radius 2 is 2.06 bits per heavy atom. The highest BCUT2D eigenvalue weighted by Gasteiger charge is 2.38. The lowest BCUT2D eigenvalue weighted by molar-refractivity contribution is 0.0249. The molecule has 1 amide bonds. The van der Waals surface area contributed by atoms with E-state index in [1.165, 1.54) is 0 Å². The third kappa shape index (κ3) is 3.67. The lowest BCUT2D eigenvalue weighted by Crippen LogP contribution is -2.59. The smallest absolute Gasteiger partial charge is 0.417 e. The number of hydrogen-bond donors (Lipinski definition) is 3. The topological polar surface area (TPSA) is 128 Å². The number of hydrogen-bond acceptors (Lipinski definition) is 8. The summed E-state index contributed by atoms with van der Waals surface area (Å²) in [5, 5.41) is 13.0. The van der Waals surface area contributed by atoms with E-state index >= 15 is 0 Å². The number of carbonyl (C=O) groups is 1. The predicted octanol–water partition coefficient (Wildman–Crippen LogP) is 2.51. The zero-order valence-electron chi connectivity index (χ0n) is 18.4. The molecule has 6 rings (SSSR count). The van der Waals surface area contributed by atoms with E-state index in [0.29, 0.717) is 42.2 Å². The van der Waals surface area contributed by atoms with Crippen LogP contribution >= 0.6 is 0 Å². The van der Waals surface area contributed by atoms with Crippen LogP contribution in [0.2, 0.25) is 0 Å². The van der Waals surface area contributed by atoms with Crippen molar-refractivity contribution in [2.45, 2.75) is 26.1 Å². The van der Waals surface area contributed by atoms with Crippen LogP contribution in [0.5, 0.6) is 5.75 Å². The number of likely N-dealkylation sites (tertiary alicyclic amines) is 1. The average molecular weight is 458 g/mol. The summed E-state index contributed by atoms with van der Waals surface area (Å²) < 4.78 is 5.07. The molecule has 2 aliphatic heterocycles. The van der Waals surface area contributed by atoms with Gasteiger partial charge in [-0.1, -0.05) is 0 Å². The highest BCUT2D eigenvalue weighted by Crippen LogP contribution is 2.29. The first-order chi connectivity index (χ1) is 16.4. The Morgan fingerprint density at radius 1 is 1.21 bits per heavy atom. The molecule has 0 spiro atoms. The Hall–Kier alpha value is -4.18. The van der Waals surface area contributed by atoms with Crippen LogP contribution in [0, 0.1) is 6.92 Å². The SMILES string of the molecule is Cc1cc(O)cc(Nc2ncc3c(n2)CN(C2CN(C(=O)c4ccc5[nH]c(=O)oc5c4)C2)C3)c1. The molecule has 1 saturated heterocycles. The number of nitrogens with zero attached hydrogens (tertiary/aromatic N) is 4. The maximum absolute atomic E-state index is 12.9. The summed E-state index contributed by atoms with van der Waals surface area (Å²) in [6, 6.07) is 10.5. The molecule has 0 radical (unpaired) electrons.